The van der Waals surface area contributed by atoms with Crippen molar-refractivity contribution in [3.63, 3.8) is 0 Å². The number of hydrogen-bond acceptors (Lipinski definition) is 6. The second kappa shape index (κ2) is 6.64. The SMILES string of the molecule is O=C1CN(c2ccc(Nc3ncnc4ccc(Br)cc34)cn2)CCN1. The summed E-state index contributed by atoms with van der Waals surface area (Å²) >= 11 is 3.48. The maximum atomic E-state index is 11.5. The zero-order chi connectivity index (χ0) is 17.2. The molecule has 4 rings (SSSR count). The van der Waals surface area contributed by atoms with Crippen molar-refractivity contribution in [1.82, 2.24) is 20.3 Å². The van der Waals surface area contributed by atoms with E-state index in [-0.39, 0.29) is 5.91 Å². The number of carbonyl (C=O) groups is 1. The van der Waals surface area contributed by atoms with Crippen LogP contribution in [-0.4, -0.2) is 40.5 Å². The van der Waals surface area contributed by atoms with Crippen molar-refractivity contribution in [3.05, 3.63) is 47.3 Å². The number of pyridine rings is 1. The van der Waals surface area contributed by atoms with E-state index in [1.54, 1.807) is 6.20 Å². The monoisotopic (exact) mass is 398 g/mol. The fourth-order valence-electron chi connectivity index (χ4n) is 2.75. The minimum atomic E-state index is 0.0216. The van der Waals surface area contributed by atoms with Crippen LogP contribution in [0.25, 0.3) is 10.9 Å². The highest BCUT2D eigenvalue weighted by molar-refractivity contribution is 9.10. The Morgan fingerprint density at radius 3 is 2.88 bits per heavy atom. The number of benzene rings is 1. The number of nitrogens with zero attached hydrogens (tertiary/aromatic N) is 4. The number of fused-ring (bicyclic) bond motifs is 1. The lowest BCUT2D eigenvalue weighted by molar-refractivity contribution is -0.120. The van der Waals surface area contributed by atoms with Gasteiger partial charge in [0.15, 0.2) is 0 Å². The number of anilines is 3. The maximum absolute atomic E-state index is 11.5. The summed E-state index contributed by atoms with van der Waals surface area (Å²) in [5, 5.41) is 7.01. The van der Waals surface area contributed by atoms with Crippen LogP contribution in [0, 0.1) is 0 Å². The number of carbonyl (C=O) groups excluding carboxylic acids is 1. The third-order valence-electron chi connectivity index (χ3n) is 3.97. The molecule has 3 heterocycles. The second-order valence-corrected chi connectivity index (χ2v) is 6.60. The number of halogens is 1. The lowest BCUT2D eigenvalue weighted by Gasteiger charge is -2.27. The first kappa shape index (κ1) is 15.8. The fourth-order valence-corrected chi connectivity index (χ4v) is 3.11. The van der Waals surface area contributed by atoms with Crippen molar-refractivity contribution in [2.24, 2.45) is 0 Å². The van der Waals surface area contributed by atoms with E-state index in [4.69, 9.17) is 0 Å². The van der Waals surface area contributed by atoms with Gasteiger partial charge in [-0.15, -0.1) is 0 Å². The summed E-state index contributed by atoms with van der Waals surface area (Å²) in [7, 11) is 0. The van der Waals surface area contributed by atoms with Crippen LogP contribution < -0.4 is 15.5 Å². The molecule has 0 atom stereocenters. The van der Waals surface area contributed by atoms with Crippen LogP contribution in [-0.2, 0) is 4.79 Å². The molecule has 2 aromatic heterocycles. The zero-order valence-corrected chi connectivity index (χ0v) is 14.8. The summed E-state index contributed by atoms with van der Waals surface area (Å²) < 4.78 is 0.967. The number of rotatable bonds is 3. The van der Waals surface area contributed by atoms with Crippen molar-refractivity contribution in [3.8, 4) is 0 Å². The molecule has 0 unspecified atom stereocenters. The molecule has 3 aromatic rings. The van der Waals surface area contributed by atoms with Crippen LogP contribution in [0.15, 0.2) is 47.3 Å². The van der Waals surface area contributed by atoms with E-state index in [1.165, 1.54) is 6.33 Å². The highest BCUT2D eigenvalue weighted by Gasteiger charge is 2.17. The van der Waals surface area contributed by atoms with E-state index < -0.39 is 0 Å². The van der Waals surface area contributed by atoms with Gasteiger partial charge >= 0.3 is 0 Å². The van der Waals surface area contributed by atoms with Crippen LogP contribution in [0.4, 0.5) is 17.3 Å². The van der Waals surface area contributed by atoms with Crippen molar-refractivity contribution < 1.29 is 4.79 Å². The van der Waals surface area contributed by atoms with Gasteiger partial charge in [0.25, 0.3) is 0 Å². The Labute approximate surface area is 152 Å². The predicted molar refractivity (Wildman–Crippen MR) is 100.0 cm³/mol. The molecular weight excluding hydrogens is 384 g/mol. The maximum Gasteiger partial charge on any atom is 0.239 e. The predicted octanol–water partition coefficient (Wildman–Crippen LogP) is 2.47. The minimum absolute atomic E-state index is 0.0216. The Hall–Kier alpha value is -2.74. The molecule has 7 nitrogen and oxygen atoms in total. The lowest BCUT2D eigenvalue weighted by Crippen LogP contribution is -2.48. The van der Waals surface area contributed by atoms with Crippen molar-refractivity contribution in [2.45, 2.75) is 0 Å². The molecule has 0 radical (unpaired) electrons. The summed E-state index contributed by atoms with van der Waals surface area (Å²) in [6.07, 6.45) is 3.28. The highest BCUT2D eigenvalue weighted by atomic mass is 79.9. The smallest absolute Gasteiger partial charge is 0.239 e. The van der Waals surface area contributed by atoms with Crippen LogP contribution in [0.3, 0.4) is 0 Å². The van der Waals surface area contributed by atoms with Gasteiger partial charge in [-0.05, 0) is 30.3 Å². The number of nitrogens with one attached hydrogen (secondary N) is 2. The molecule has 1 aliphatic heterocycles. The molecule has 2 N–H and O–H groups in total. The molecule has 126 valence electrons. The molecule has 0 saturated carbocycles. The van der Waals surface area contributed by atoms with Gasteiger partial charge < -0.3 is 15.5 Å². The Balaban J connectivity index is 1.57. The standard InChI is InChI=1S/C17H15BrN6O/c18-11-1-3-14-13(7-11)17(22-10-21-14)23-12-2-4-15(20-8-12)24-6-5-19-16(25)9-24/h1-4,7-8,10H,5-6,9H2,(H,19,25)(H,21,22,23). The van der Waals surface area contributed by atoms with Gasteiger partial charge in [-0.25, -0.2) is 15.0 Å². The van der Waals surface area contributed by atoms with E-state index in [1.807, 2.05) is 35.2 Å². The summed E-state index contributed by atoms with van der Waals surface area (Å²) in [5.41, 5.74) is 1.69. The molecule has 0 aliphatic carbocycles. The number of hydrogen-bond donors (Lipinski definition) is 2. The molecule has 1 aromatic carbocycles. The molecular formula is C17H15BrN6O. The quantitative estimate of drug-likeness (QED) is 0.704. The average Bonchev–Trinajstić information content (AvgIpc) is 2.63. The molecule has 1 fully saturated rings. The first-order valence-electron chi connectivity index (χ1n) is 7.84. The van der Waals surface area contributed by atoms with Crippen LogP contribution in [0.1, 0.15) is 0 Å². The molecule has 0 spiro atoms. The summed E-state index contributed by atoms with van der Waals surface area (Å²) in [6.45, 7) is 1.74. The van der Waals surface area contributed by atoms with E-state index >= 15 is 0 Å². The Kier molecular flexibility index (Phi) is 4.19. The molecule has 1 aliphatic rings. The number of amides is 1. The first-order valence-corrected chi connectivity index (χ1v) is 8.63. The van der Waals surface area contributed by atoms with Crippen molar-refractivity contribution in [2.75, 3.05) is 29.9 Å². The Morgan fingerprint density at radius 2 is 2.08 bits per heavy atom. The summed E-state index contributed by atoms with van der Waals surface area (Å²) in [4.78, 5) is 26.5. The average molecular weight is 399 g/mol. The van der Waals surface area contributed by atoms with Crippen LogP contribution in [0.5, 0.6) is 0 Å². The van der Waals surface area contributed by atoms with Gasteiger partial charge in [-0.1, -0.05) is 15.9 Å². The lowest BCUT2D eigenvalue weighted by atomic mass is 10.2. The van der Waals surface area contributed by atoms with Gasteiger partial charge in [-0.2, -0.15) is 0 Å². The topological polar surface area (TPSA) is 83.0 Å². The molecule has 1 amide bonds. The van der Waals surface area contributed by atoms with E-state index in [0.29, 0.717) is 13.1 Å². The molecule has 8 heteroatoms. The first-order chi connectivity index (χ1) is 12.2. The van der Waals surface area contributed by atoms with Crippen LogP contribution in [0.2, 0.25) is 0 Å². The molecule has 25 heavy (non-hydrogen) atoms. The van der Waals surface area contributed by atoms with Gasteiger partial charge in [0, 0.05) is 22.9 Å². The van der Waals surface area contributed by atoms with Gasteiger partial charge in [0.2, 0.25) is 5.91 Å². The third kappa shape index (κ3) is 3.39. The van der Waals surface area contributed by atoms with E-state index in [2.05, 4.69) is 41.5 Å². The highest BCUT2D eigenvalue weighted by Crippen LogP contribution is 2.26. The second-order valence-electron chi connectivity index (χ2n) is 5.69. The molecule has 1 saturated heterocycles. The summed E-state index contributed by atoms with van der Waals surface area (Å²) in [5.74, 6) is 1.53. The van der Waals surface area contributed by atoms with Crippen molar-refractivity contribution in [1.29, 1.82) is 0 Å². The Morgan fingerprint density at radius 1 is 1.16 bits per heavy atom. The van der Waals surface area contributed by atoms with E-state index in [9.17, 15) is 4.79 Å². The molecule has 0 bridgehead atoms. The largest absolute Gasteiger partial charge is 0.353 e. The van der Waals surface area contributed by atoms with Gasteiger partial charge in [0.05, 0.1) is 23.9 Å². The fraction of sp³-hybridized carbons (Fsp3) is 0.176. The van der Waals surface area contributed by atoms with Crippen molar-refractivity contribution >= 4 is 50.1 Å². The third-order valence-corrected chi connectivity index (χ3v) is 4.46. The van der Waals surface area contributed by atoms with E-state index in [0.717, 1.165) is 39.2 Å². The normalized spacial score (nSPS) is 14.4. The number of piperazine rings is 1. The zero-order valence-electron chi connectivity index (χ0n) is 13.2. The Bertz CT molecular complexity index is 930. The minimum Gasteiger partial charge on any atom is -0.353 e. The van der Waals surface area contributed by atoms with Gasteiger partial charge in [0.1, 0.15) is 18.0 Å². The van der Waals surface area contributed by atoms with Gasteiger partial charge in [-0.3, -0.25) is 4.79 Å². The number of aromatic nitrogens is 3. The van der Waals surface area contributed by atoms with Crippen LogP contribution >= 0.6 is 15.9 Å². The summed E-state index contributed by atoms with van der Waals surface area (Å²) in [6, 6.07) is 9.70.